The molecule has 0 bridgehead atoms. The molecule has 0 spiro atoms. The molecule has 1 aliphatic heterocycles. The van der Waals surface area contributed by atoms with Gasteiger partial charge in [0.05, 0.1) is 33.9 Å². The van der Waals surface area contributed by atoms with Gasteiger partial charge < -0.3 is 4.57 Å². The first kappa shape index (κ1) is 23.5. The van der Waals surface area contributed by atoms with Crippen LogP contribution in [0.1, 0.15) is 30.5 Å². The Morgan fingerprint density at radius 1 is 0.707 bits per heavy atom. The molecule has 0 fully saturated rings. The Bertz CT molecular complexity index is 2200. The topological polar surface area (TPSA) is 44.9 Å². The number of hydrogen-bond donors (Lipinski definition) is 0. The Hall–Kier alpha value is -5.40. The lowest BCUT2D eigenvalue weighted by molar-refractivity contribution is 0.630. The van der Waals surface area contributed by atoms with Crippen LogP contribution < -0.4 is 4.90 Å². The van der Waals surface area contributed by atoms with Crippen molar-refractivity contribution in [3.8, 4) is 11.8 Å². The van der Waals surface area contributed by atoms with E-state index in [0.717, 1.165) is 28.1 Å². The van der Waals surface area contributed by atoms with E-state index in [1.54, 1.807) is 0 Å². The minimum atomic E-state index is -0.104. The maximum Gasteiger partial charge on any atom is 0.138 e. The van der Waals surface area contributed by atoms with E-state index in [9.17, 15) is 5.26 Å². The Balaban J connectivity index is 1.41. The van der Waals surface area contributed by atoms with Gasteiger partial charge in [-0.3, -0.25) is 4.90 Å². The molecule has 0 N–H and O–H groups in total. The highest BCUT2D eigenvalue weighted by Crippen LogP contribution is 2.48. The average Bonchev–Trinajstić information content (AvgIpc) is 3.35. The summed E-state index contributed by atoms with van der Waals surface area (Å²) in [6, 6.07) is 44.5. The van der Waals surface area contributed by atoms with Crippen molar-refractivity contribution in [3.05, 3.63) is 138 Å². The van der Waals surface area contributed by atoms with Crippen LogP contribution in [0.3, 0.4) is 0 Å². The number of aromatic nitrogens is 2. The molecule has 2 aromatic heterocycles. The van der Waals surface area contributed by atoms with Gasteiger partial charge >= 0.3 is 0 Å². The standard InChI is InChI=1S/C37H26N4/c1-37(2)30-10-4-6-13-34(30)41-33-20-19-27(22-29(33)28-9-7-11-31(37)36(28)41)40(26-17-14-24(23-38)15-18-26)35-21-16-25-8-3-5-12-32(25)39-35/h3-22H,1-2H3. The molecule has 0 radical (unpaired) electrons. The predicted molar refractivity (Wildman–Crippen MR) is 168 cm³/mol. The number of fused-ring (bicyclic) bond motifs is 6. The highest BCUT2D eigenvalue weighted by molar-refractivity contribution is 6.12. The third kappa shape index (κ3) is 3.36. The van der Waals surface area contributed by atoms with E-state index < -0.39 is 0 Å². The SMILES string of the molecule is CC1(C)c2ccccc2-n2c3ccc(N(c4ccc(C#N)cc4)c4ccc5ccccc5n4)cc3c3cccc1c32. The second kappa shape index (κ2) is 8.55. The molecule has 1 aliphatic rings. The highest BCUT2D eigenvalue weighted by Gasteiger charge is 2.34. The minimum Gasteiger partial charge on any atom is -0.309 e. The zero-order valence-corrected chi connectivity index (χ0v) is 22.8. The van der Waals surface area contributed by atoms with Crippen LogP contribution in [-0.4, -0.2) is 9.55 Å². The normalized spacial score (nSPS) is 13.3. The van der Waals surface area contributed by atoms with E-state index in [4.69, 9.17) is 4.98 Å². The summed E-state index contributed by atoms with van der Waals surface area (Å²) >= 11 is 0. The quantitative estimate of drug-likeness (QED) is 0.230. The molecule has 0 unspecified atom stereocenters. The van der Waals surface area contributed by atoms with E-state index >= 15 is 0 Å². The van der Waals surface area contributed by atoms with E-state index in [1.165, 1.54) is 38.6 Å². The second-order valence-corrected chi connectivity index (χ2v) is 11.2. The molecule has 4 heteroatoms. The van der Waals surface area contributed by atoms with Gasteiger partial charge in [0.2, 0.25) is 0 Å². The van der Waals surface area contributed by atoms with Crippen molar-refractivity contribution in [2.24, 2.45) is 0 Å². The first-order chi connectivity index (χ1) is 20.0. The van der Waals surface area contributed by atoms with Gasteiger partial charge in [0.15, 0.2) is 0 Å². The van der Waals surface area contributed by atoms with Crippen molar-refractivity contribution in [2.75, 3.05) is 4.90 Å². The van der Waals surface area contributed by atoms with Gasteiger partial charge in [0.1, 0.15) is 5.82 Å². The van der Waals surface area contributed by atoms with Crippen molar-refractivity contribution in [3.63, 3.8) is 0 Å². The molecule has 7 aromatic rings. The first-order valence-corrected chi connectivity index (χ1v) is 13.9. The zero-order chi connectivity index (χ0) is 27.7. The minimum absolute atomic E-state index is 0.104. The molecule has 0 atom stereocenters. The van der Waals surface area contributed by atoms with Gasteiger partial charge in [-0.05, 0) is 77.9 Å². The third-order valence-electron chi connectivity index (χ3n) is 8.59. The van der Waals surface area contributed by atoms with Crippen molar-refractivity contribution in [2.45, 2.75) is 19.3 Å². The lowest BCUT2D eigenvalue weighted by atomic mass is 9.75. The van der Waals surface area contributed by atoms with Gasteiger partial charge in [0, 0.05) is 32.9 Å². The molecule has 3 heterocycles. The Morgan fingerprint density at radius 2 is 1.46 bits per heavy atom. The van der Waals surface area contributed by atoms with Crippen LogP contribution >= 0.6 is 0 Å². The third-order valence-corrected chi connectivity index (χ3v) is 8.59. The molecule has 4 nitrogen and oxygen atoms in total. The Morgan fingerprint density at radius 3 is 2.32 bits per heavy atom. The first-order valence-electron chi connectivity index (χ1n) is 13.9. The largest absolute Gasteiger partial charge is 0.309 e. The fourth-order valence-corrected chi connectivity index (χ4v) is 6.57. The number of nitriles is 1. The summed E-state index contributed by atoms with van der Waals surface area (Å²) in [6.07, 6.45) is 0. The number of benzene rings is 5. The number of hydrogen-bond acceptors (Lipinski definition) is 3. The van der Waals surface area contributed by atoms with Crippen molar-refractivity contribution in [1.82, 2.24) is 9.55 Å². The Labute approximate surface area is 238 Å². The number of para-hydroxylation sites is 3. The molecule has 5 aromatic carbocycles. The number of rotatable bonds is 3. The van der Waals surface area contributed by atoms with E-state index in [2.05, 4.69) is 108 Å². The predicted octanol–water partition coefficient (Wildman–Crippen LogP) is 9.31. The molecule has 8 rings (SSSR count). The summed E-state index contributed by atoms with van der Waals surface area (Å²) in [5.74, 6) is 0.827. The number of nitrogens with zero attached hydrogens (tertiary/aromatic N) is 4. The summed E-state index contributed by atoms with van der Waals surface area (Å²) in [5, 5.41) is 13.0. The van der Waals surface area contributed by atoms with Crippen LogP contribution in [0.4, 0.5) is 17.2 Å². The maximum absolute atomic E-state index is 9.42. The molecule has 0 saturated carbocycles. The van der Waals surface area contributed by atoms with Gasteiger partial charge in [0.25, 0.3) is 0 Å². The van der Waals surface area contributed by atoms with Crippen LogP contribution in [0.2, 0.25) is 0 Å². The summed E-state index contributed by atoms with van der Waals surface area (Å²) in [7, 11) is 0. The molecular weight excluding hydrogens is 500 g/mol. The molecule has 0 amide bonds. The number of anilines is 3. The second-order valence-electron chi connectivity index (χ2n) is 11.2. The monoisotopic (exact) mass is 526 g/mol. The molecule has 194 valence electrons. The Kier molecular flexibility index (Phi) is 4.90. The van der Waals surface area contributed by atoms with Crippen LogP contribution in [-0.2, 0) is 5.41 Å². The van der Waals surface area contributed by atoms with E-state index in [0.29, 0.717) is 5.56 Å². The summed E-state index contributed by atoms with van der Waals surface area (Å²) in [6.45, 7) is 4.65. The lowest BCUT2D eigenvalue weighted by Gasteiger charge is -2.34. The van der Waals surface area contributed by atoms with Gasteiger partial charge in [-0.25, -0.2) is 4.98 Å². The molecule has 0 aliphatic carbocycles. The van der Waals surface area contributed by atoms with Crippen molar-refractivity contribution >= 4 is 49.9 Å². The van der Waals surface area contributed by atoms with E-state index in [-0.39, 0.29) is 5.41 Å². The molecule has 41 heavy (non-hydrogen) atoms. The zero-order valence-electron chi connectivity index (χ0n) is 22.8. The maximum atomic E-state index is 9.42. The summed E-state index contributed by atoms with van der Waals surface area (Å²) in [4.78, 5) is 7.24. The van der Waals surface area contributed by atoms with Crippen LogP contribution in [0, 0.1) is 11.3 Å². The van der Waals surface area contributed by atoms with Gasteiger partial charge in [-0.15, -0.1) is 0 Å². The van der Waals surface area contributed by atoms with Gasteiger partial charge in [-0.2, -0.15) is 5.26 Å². The van der Waals surface area contributed by atoms with Crippen LogP contribution in [0.15, 0.2) is 121 Å². The van der Waals surface area contributed by atoms with Crippen LogP contribution in [0.25, 0.3) is 38.4 Å². The number of pyridine rings is 1. The van der Waals surface area contributed by atoms with E-state index in [1.807, 2.05) is 42.5 Å². The average molecular weight is 527 g/mol. The van der Waals surface area contributed by atoms with Crippen LogP contribution in [0.5, 0.6) is 0 Å². The molecular formula is C37H26N4. The van der Waals surface area contributed by atoms with Gasteiger partial charge in [-0.1, -0.05) is 68.4 Å². The van der Waals surface area contributed by atoms with Crippen molar-refractivity contribution < 1.29 is 0 Å². The van der Waals surface area contributed by atoms with Crippen molar-refractivity contribution in [1.29, 1.82) is 5.26 Å². The fraction of sp³-hybridized carbons (Fsp3) is 0.0811. The highest BCUT2D eigenvalue weighted by atomic mass is 15.2. The smallest absolute Gasteiger partial charge is 0.138 e. The summed E-state index contributed by atoms with van der Waals surface area (Å²) in [5.41, 5.74) is 9.81. The fourth-order valence-electron chi connectivity index (χ4n) is 6.57. The molecule has 0 saturated heterocycles. The lowest BCUT2D eigenvalue weighted by Crippen LogP contribution is -2.26. The summed E-state index contributed by atoms with van der Waals surface area (Å²) < 4.78 is 2.44.